The van der Waals surface area contributed by atoms with Gasteiger partial charge in [0, 0.05) is 31.2 Å². The molecule has 0 radical (unpaired) electrons. The highest BCUT2D eigenvalue weighted by atomic mass is 32.1. The van der Waals surface area contributed by atoms with Gasteiger partial charge >= 0.3 is 5.97 Å². The summed E-state index contributed by atoms with van der Waals surface area (Å²) in [6.45, 7) is 0. The van der Waals surface area contributed by atoms with Gasteiger partial charge in [0.25, 0.3) is 0 Å². The number of carbonyl (C=O) groups is 2. The standard InChI is InChI=1S/C15H15NO5S/c1-19-14(18)11(12(17)15(20-2)21-3)7-9-8-22-13-10(9)5-4-6-16-13/h4-8,15H,1-3H3/b11-7-. The molecule has 0 aliphatic heterocycles. The van der Waals surface area contributed by atoms with Gasteiger partial charge in [-0.1, -0.05) is 0 Å². The van der Waals surface area contributed by atoms with Crippen LogP contribution in [0.25, 0.3) is 16.3 Å². The van der Waals surface area contributed by atoms with Crippen LogP contribution in [0.3, 0.4) is 0 Å². The van der Waals surface area contributed by atoms with Crippen LogP contribution >= 0.6 is 11.3 Å². The first-order valence-electron chi connectivity index (χ1n) is 6.34. The van der Waals surface area contributed by atoms with Gasteiger partial charge in [-0.15, -0.1) is 11.3 Å². The Labute approximate surface area is 131 Å². The molecular weight excluding hydrogens is 306 g/mol. The molecule has 0 saturated heterocycles. The number of pyridine rings is 1. The summed E-state index contributed by atoms with van der Waals surface area (Å²) in [6.07, 6.45) is 2.00. The van der Waals surface area contributed by atoms with E-state index < -0.39 is 18.0 Å². The Morgan fingerprint density at radius 3 is 2.64 bits per heavy atom. The molecule has 2 rings (SSSR count). The first-order valence-corrected chi connectivity index (χ1v) is 7.22. The average molecular weight is 321 g/mol. The summed E-state index contributed by atoms with van der Waals surface area (Å²) in [6, 6.07) is 3.66. The zero-order chi connectivity index (χ0) is 16.1. The maximum Gasteiger partial charge on any atom is 0.341 e. The molecule has 0 unspecified atom stereocenters. The molecule has 0 saturated carbocycles. The van der Waals surface area contributed by atoms with Gasteiger partial charge in [0.1, 0.15) is 10.4 Å². The van der Waals surface area contributed by atoms with E-state index in [9.17, 15) is 9.59 Å². The van der Waals surface area contributed by atoms with E-state index in [-0.39, 0.29) is 5.57 Å². The van der Waals surface area contributed by atoms with Crippen molar-refractivity contribution in [3.8, 4) is 0 Å². The van der Waals surface area contributed by atoms with Crippen molar-refractivity contribution in [1.29, 1.82) is 0 Å². The normalized spacial score (nSPS) is 11.9. The molecule has 2 aromatic rings. The predicted octanol–water partition coefficient (Wildman–Crippen LogP) is 2.04. The van der Waals surface area contributed by atoms with Crippen molar-refractivity contribution < 1.29 is 23.8 Å². The largest absolute Gasteiger partial charge is 0.465 e. The Bertz CT molecular complexity index is 718. The number of esters is 1. The maximum atomic E-state index is 12.3. The van der Waals surface area contributed by atoms with Gasteiger partial charge in [-0.25, -0.2) is 9.78 Å². The second kappa shape index (κ2) is 7.26. The molecule has 0 aromatic carbocycles. The second-order valence-electron chi connectivity index (χ2n) is 4.26. The van der Waals surface area contributed by atoms with Crippen LogP contribution in [0.5, 0.6) is 0 Å². The first-order chi connectivity index (χ1) is 10.6. The summed E-state index contributed by atoms with van der Waals surface area (Å²) in [5, 5.41) is 2.68. The number of rotatable bonds is 6. The van der Waals surface area contributed by atoms with Crippen molar-refractivity contribution in [3.05, 3.63) is 34.8 Å². The van der Waals surface area contributed by atoms with E-state index in [1.165, 1.54) is 38.7 Å². The first kappa shape index (κ1) is 16.3. The van der Waals surface area contributed by atoms with Gasteiger partial charge in [0.2, 0.25) is 12.1 Å². The highest BCUT2D eigenvalue weighted by molar-refractivity contribution is 7.17. The number of aromatic nitrogens is 1. The van der Waals surface area contributed by atoms with E-state index >= 15 is 0 Å². The SMILES string of the molecule is COC(=O)/C(=C\c1csc2ncccc12)C(=O)C(OC)OC. The topological polar surface area (TPSA) is 74.7 Å². The highest BCUT2D eigenvalue weighted by Gasteiger charge is 2.27. The van der Waals surface area contributed by atoms with E-state index in [2.05, 4.69) is 9.72 Å². The lowest BCUT2D eigenvalue weighted by Crippen LogP contribution is -2.29. The van der Waals surface area contributed by atoms with E-state index in [4.69, 9.17) is 9.47 Å². The highest BCUT2D eigenvalue weighted by Crippen LogP contribution is 2.26. The molecule has 0 fully saturated rings. The minimum Gasteiger partial charge on any atom is -0.465 e. The summed E-state index contributed by atoms with van der Waals surface area (Å²) in [5.41, 5.74) is 0.576. The molecule has 0 N–H and O–H groups in total. The van der Waals surface area contributed by atoms with Gasteiger partial charge in [-0.05, 0) is 23.8 Å². The molecular formula is C15H15NO5S. The molecule has 0 atom stereocenters. The quantitative estimate of drug-likeness (QED) is 0.266. The number of nitrogens with zero attached hydrogens (tertiary/aromatic N) is 1. The fourth-order valence-corrected chi connectivity index (χ4v) is 2.80. The number of ether oxygens (including phenoxy) is 3. The Morgan fingerprint density at radius 1 is 1.27 bits per heavy atom. The van der Waals surface area contributed by atoms with E-state index in [1.807, 2.05) is 11.4 Å². The van der Waals surface area contributed by atoms with Crippen LogP contribution in [0.15, 0.2) is 29.3 Å². The number of thiophene rings is 1. The summed E-state index contributed by atoms with van der Waals surface area (Å²) >= 11 is 1.43. The number of ketones is 1. The van der Waals surface area contributed by atoms with Gasteiger partial charge in [0.15, 0.2) is 0 Å². The summed E-state index contributed by atoms with van der Waals surface area (Å²) in [4.78, 5) is 29.3. The number of methoxy groups -OCH3 is 3. The predicted molar refractivity (Wildman–Crippen MR) is 82.4 cm³/mol. The fourth-order valence-electron chi connectivity index (χ4n) is 1.93. The van der Waals surface area contributed by atoms with Crippen molar-refractivity contribution in [2.45, 2.75) is 6.29 Å². The summed E-state index contributed by atoms with van der Waals surface area (Å²) in [5.74, 6) is -1.34. The number of carbonyl (C=O) groups excluding carboxylic acids is 2. The third kappa shape index (κ3) is 3.22. The molecule has 116 valence electrons. The molecule has 7 heteroatoms. The van der Waals surface area contributed by atoms with Gasteiger partial charge in [-0.2, -0.15) is 0 Å². The Kier molecular flexibility index (Phi) is 5.37. The van der Waals surface area contributed by atoms with Crippen LogP contribution in [0.2, 0.25) is 0 Å². The van der Waals surface area contributed by atoms with E-state index in [0.717, 1.165) is 10.2 Å². The van der Waals surface area contributed by atoms with Crippen LogP contribution < -0.4 is 0 Å². The minimum absolute atomic E-state index is 0.139. The lowest BCUT2D eigenvalue weighted by atomic mass is 10.1. The third-order valence-electron chi connectivity index (χ3n) is 2.99. The van der Waals surface area contributed by atoms with E-state index in [1.54, 1.807) is 12.3 Å². The smallest absolute Gasteiger partial charge is 0.341 e. The minimum atomic E-state index is -1.16. The van der Waals surface area contributed by atoms with Crippen LogP contribution in [-0.2, 0) is 23.8 Å². The van der Waals surface area contributed by atoms with Crippen LogP contribution in [-0.4, -0.2) is 44.4 Å². The molecule has 2 heterocycles. The van der Waals surface area contributed by atoms with Crippen LogP contribution in [0, 0.1) is 0 Å². The van der Waals surface area contributed by atoms with E-state index in [0.29, 0.717) is 5.56 Å². The molecule has 6 nitrogen and oxygen atoms in total. The number of fused-ring (bicyclic) bond motifs is 1. The average Bonchev–Trinajstić information content (AvgIpc) is 2.96. The molecule has 2 aromatic heterocycles. The molecule has 0 amide bonds. The summed E-state index contributed by atoms with van der Waals surface area (Å²) < 4.78 is 14.5. The molecule has 0 spiro atoms. The lowest BCUT2D eigenvalue weighted by Gasteiger charge is -2.13. The maximum absolute atomic E-state index is 12.3. The molecule has 0 bridgehead atoms. The molecule has 0 aliphatic carbocycles. The van der Waals surface area contributed by atoms with Crippen molar-refractivity contribution in [2.75, 3.05) is 21.3 Å². The van der Waals surface area contributed by atoms with Crippen LogP contribution in [0.1, 0.15) is 5.56 Å². The van der Waals surface area contributed by atoms with Crippen molar-refractivity contribution in [3.63, 3.8) is 0 Å². The number of Topliss-reactive ketones (excluding diaryl/α,β-unsaturated/α-hetero) is 1. The van der Waals surface area contributed by atoms with Gasteiger partial charge in [0.05, 0.1) is 7.11 Å². The Balaban J connectivity index is 2.49. The summed E-state index contributed by atoms with van der Waals surface area (Å²) in [7, 11) is 3.86. The van der Waals surface area contributed by atoms with Gasteiger partial charge < -0.3 is 14.2 Å². The monoisotopic (exact) mass is 321 g/mol. The number of hydrogen-bond acceptors (Lipinski definition) is 7. The Hall–Kier alpha value is -2.09. The zero-order valence-corrected chi connectivity index (χ0v) is 13.2. The zero-order valence-electron chi connectivity index (χ0n) is 12.4. The molecule has 22 heavy (non-hydrogen) atoms. The van der Waals surface area contributed by atoms with Crippen molar-refractivity contribution in [2.24, 2.45) is 0 Å². The van der Waals surface area contributed by atoms with Crippen molar-refractivity contribution in [1.82, 2.24) is 4.98 Å². The Morgan fingerprint density at radius 2 is 2.00 bits per heavy atom. The van der Waals surface area contributed by atoms with Gasteiger partial charge in [-0.3, -0.25) is 4.79 Å². The van der Waals surface area contributed by atoms with Crippen molar-refractivity contribution >= 4 is 39.4 Å². The lowest BCUT2D eigenvalue weighted by molar-refractivity contribution is -0.155. The molecule has 0 aliphatic rings. The second-order valence-corrected chi connectivity index (χ2v) is 5.12. The fraction of sp³-hybridized carbons (Fsp3) is 0.267. The number of hydrogen-bond donors (Lipinski definition) is 0. The van der Waals surface area contributed by atoms with Crippen LogP contribution in [0.4, 0.5) is 0 Å². The third-order valence-corrected chi connectivity index (χ3v) is 3.91.